The van der Waals surface area contributed by atoms with Crippen LogP contribution in [0.25, 0.3) is 0 Å². The minimum Gasteiger partial charge on any atom is -0.358 e. The number of hydrogen-bond acceptors (Lipinski definition) is 2. The van der Waals surface area contributed by atoms with Crippen molar-refractivity contribution < 1.29 is 0 Å². The van der Waals surface area contributed by atoms with Crippen molar-refractivity contribution in [3.05, 3.63) is 46.2 Å². The van der Waals surface area contributed by atoms with Gasteiger partial charge in [0.2, 0.25) is 0 Å². The number of nitrogens with one attached hydrogen (secondary N) is 2. The molecule has 0 aliphatic carbocycles. The minimum absolute atomic E-state index is 0.568. The Morgan fingerprint density at radius 3 is 2.80 bits per heavy atom. The van der Waals surface area contributed by atoms with E-state index in [1.807, 2.05) is 50.0 Å². The summed E-state index contributed by atoms with van der Waals surface area (Å²) in [5.74, 6) is 0. The zero-order valence-corrected chi connectivity index (χ0v) is 13.3. The molecule has 20 heavy (non-hydrogen) atoms. The Balaban J connectivity index is 1.96. The largest absolute Gasteiger partial charge is 0.358 e. The molecule has 4 nitrogen and oxygen atoms in total. The van der Waals surface area contributed by atoms with Gasteiger partial charge in [-0.05, 0) is 43.8 Å². The van der Waals surface area contributed by atoms with E-state index >= 15 is 0 Å². The highest BCUT2D eigenvalue weighted by Crippen LogP contribution is 2.22. The van der Waals surface area contributed by atoms with Crippen molar-refractivity contribution in [2.75, 3.05) is 5.32 Å². The molecule has 2 aromatic rings. The van der Waals surface area contributed by atoms with E-state index in [4.69, 9.17) is 23.8 Å². The molecule has 0 unspecified atom stereocenters. The predicted molar refractivity (Wildman–Crippen MR) is 87.2 cm³/mol. The summed E-state index contributed by atoms with van der Waals surface area (Å²) >= 11 is 11.4. The van der Waals surface area contributed by atoms with Gasteiger partial charge in [0.05, 0.1) is 6.20 Å². The van der Waals surface area contributed by atoms with Crippen LogP contribution in [-0.4, -0.2) is 14.9 Å². The molecule has 0 radical (unpaired) electrons. The van der Waals surface area contributed by atoms with Gasteiger partial charge in [-0.1, -0.05) is 17.7 Å². The molecule has 0 bridgehead atoms. The molecule has 106 valence electrons. The van der Waals surface area contributed by atoms with Crippen LogP contribution in [0.4, 0.5) is 5.69 Å². The van der Waals surface area contributed by atoms with Gasteiger partial charge in [0.1, 0.15) is 0 Å². The fourth-order valence-electron chi connectivity index (χ4n) is 1.80. The predicted octanol–water partition coefficient (Wildman–Crippen LogP) is 3.18. The lowest BCUT2D eigenvalue weighted by Gasteiger charge is -2.13. The zero-order chi connectivity index (χ0) is 14.7. The highest BCUT2D eigenvalue weighted by Gasteiger charge is 2.06. The third kappa shape index (κ3) is 3.29. The number of aromatic nitrogens is 2. The van der Waals surface area contributed by atoms with Crippen LogP contribution in [0.2, 0.25) is 5.02 Å². The number of thiocarbonyl (C=S) groups is 1. The van der Waals surface area contributed by atoms with Crippen molar-refractivity contribution in [1.29, 1.82) is 0 Å². The number of aryl methyl sites for hydroxylation is 1. The molecule has 2 rings (SSSR count). The molecule has 0 saturated heterocycles. The number of halogens is 1. The molecule has 0 amide bonds. The first-order chi connectivity index (χ1) is 9.49. The highest BCUT2D eigenvalue weighted by atomic mass is 35.5. The van der Waals surface area contributed by atoms with Gasteiger partial charge in [-0.15, -0.1) is 0 Å². The van der Waals surface area contributed by atoms with Gasteiger partial charge in [0.25, 0.3) is 0 Å². The van der Waals surface area contributed by atoms with E-state index < -0.39 is 0 Å². The van der Waals surface area contributed by atoms with Crippen molar-refractivity contribution in [1.82, 2.24) is 15.1 Å². The highest BCUT2D eigenvalue weighted by molar-refractivity contribution is 7.80. The average molecular weight is 309 g/mol. The van der Waals surface area contributed by atoms with Crippen molar-refractivity contribution in [3.63, 3.8) is 0 Å². The molecule has 2 N–H and O–H groups in total. The quantitative estimate of drug-likeness (QED) is 0.855. The summed E-state index contributed by atoms with van der Waals surface area (Å²) in [6.07, 6.45) is 1.84. The smallest absolute Gasteiger partial charge is 0.171 e. The zero-order valence-electron chi connectivity index (χ0n) is 11.7. The Morgan fingerprint density at radius 1 is 1.40 bits per heavy atom. The fraction of sp³-hybridized carbons (Fsp3) is 0.286. The topological polar surface area (TPSA) is 41.9 Å². The molecule has 0 spiro atoms. The van der Waals surface area contributed by atoms with E-state index in [2.05, 4.69) is 15.7 Å². The molecular weight excluding hydrogens is 292 g/mol. The lowest BCUT2D eigenvalue weighted by Crippen LogP contribution is -2.28. The summed E-state index contributed by atoms with van der Waals surface area (Å²) in [6.45, 7) is 4.63. The Kier molecular flexibility index (Phi) is 4.62. The van der Waals surface area contributed by atoms with Gasteiger partial charge in [0, 0.05) is 35.6 Å². The maximum atomic E-state index is 6.08. The molecule has 6 heteroatoms. The molecule has 0 fully saturated rings. The van der Waals surface area contributed by atoms with Gasteiger partial charge < -0.3 is 10.6 Å². The number of nitrogens with zero attached hydrogens (tertiary/aromatic N) is 2. The van der Waals surface area contributed by atoms with Gasteiger partial charge >= 0.3 is 0 Å². The molecule has 0 aliphatic heterocycles. The summed E-state index contributed by atoms with van der Waals surface area (Å²) in [6, 6.07) is 5.70. The van der Waals surface area contributed by atoms with Crippen LogP contribution in [-0.2, 0) is 13.6 Å². The molecule has 0 aliphatic rings. The lowest BCUT2D eigenvalue weighted by molar-refractivity contribution is 0.736. The Bertz CT molecular complexity index is 636. The van der Waals surface area contributed by atoms with Crippen LogP contribution in [0.1, 0.15) is 16.8 Å². The number of benzene rings is 1. The van der Waals surface area contributed by atoms with Crippen LogP contribution < -0.4 is 10.6 Å². The summed E-state index contributed by atoms with van der Waals surface area (Å²) in [7, 11) is 1.92. The summed E-state index contributed by atoms with van der Waals surface area (Å²) in [5.41, 5.74) is 4.15. The molecule has 0 atom stereocenters. The van der Waals surface area contributed by atoms with Crippen LogP contribution in [0.5, 0.6) is 0 Å². The van der Waals surface area contributed by atoms with E-state index in [0.717, 1.165) is 27.5 Å². The minimum atomic E-state index is 0.568. The first-order valence-corrected chi connectivity index (χ1v) is 7.05. The van der Waals surface area contributed by atoms with Gasteiger partial charge in [0.15, 0.2) is 5.11 Å². The van der Waals surface area contributed by atoms with Crippen LogP contribution >= 0.6 is 23.8 Å². The van der Waals surface area contributed by atoms with Gasteiger partial charge in [-0.25, -0.2) is 0 Å². The van der Waals surface area contributed by atoms with E-state index in [0.29, 0.717) is 11.7 Å². The van der Waals surface area contributed by atoms with Gasteiger partial charge in [-0.3, -0.25) is 4.68 Å². The molecule has 1 aromatic heterocycles. The van der Waals surface area contributed by atoms with E-state index in [9.17, 15) is 0 Å². The van der Waals surface area contributed by atoms with E-state index in [-0.39, 0.29) is 0 Å². The van der Waals surface area contributed by atoms with Crippen LogP contribution in [0.15, 0.2) is 24.4 Å². The maximum absolute atomic E-state index is 6.08. The molecule has 0 saturated carbocycles. The van der Waals surface area contributed by atoms with Crippen molar-refractivity contribution >= 4 is 34.6 Å². The summed E-state index contributed by atoms with van der Waals surface area (Å²) in [5, 5.41) is 11.8. The monoisotopic (exact) mass is 308 g/mol. The third-order valence-electron chi connectivity index (χ3n) is 3.29. The Labute approximate surface area is 129 Å². The van der Waals surface area contributed by atoms with Crippen LogP contribution in [0, 0.1) is 13.8 Å². The van der Waals surface area contributed by atoms with E-state index in [1.165, 1.54) is 0 Å². The average Bonchev–Trinajstić information content (AvgIpc) is 2.73. The molecular formula is C14H17ClN4S. The Hall–Kier alpha value is -1.59. The van der Waals surface area contributed by atoms with Crippen LogP contribution in [0.3, 0.4) is 0 Å². The third-order valence-corrected chi connectivity index (χ3v) is 3.95. The summed E-state index contributed by atoms with van der Waals surface area (Å²) < 4.78 is 1.84. The molecule has 1 aromatic carbocycles. The van der Waals surface area contributed by atoms with Crippen molar-refractivity contribution in [2.24, 2.45) is 7.05 Å². The second-order valence-corrected chi connectivity index (χ2v) is 5.41. The lowest BCUT2D eigenvalue weighted by atomic mass is 10.2. The van der Waals surface area contributed by atoms with Gasteiger partial charge in [-0.2, -0.15) is 5.10 Å². The van der Waals surface area contributed by atoms with Crippen molar-refractivity contribution in [3.8, 4) is 0 Å². The van der Waals surface area contributed by atoms with Crippen molar-refractivity contribution in [2.45, 2.75) is 20.4 Å². The fourth-order valence-corrected chi connectivity index (χ4v) is 2.16. The van der Waals surface area contributed by atoms with E-state index in [1.54, 1.807) is 0 Å². The number of anilines is 1. The number of rotatable bonds is 3. The second-order valence-electron chi connectivity index (χ2n) is 4.60. The normalized spacial score (nSPS) is 10.4. The first-order valence-electron chi connectivity index (χ1n) is 6.26. The Morgan fingerprint density at radius 2 is 2.15 bits per heavy atom. The maximum Gasteiger partial charge on any atom is 0.171 e. The summed E-state index contributed by atoms with van der Waals surface area (Å²) in [4.78, 5) is 0. The number of hydrogen-bond donors (Lipinski definition) is 2. The first kappa shape index (κ1) is 14.8. The SMILES string of the molecule is Cc1c(Cl)cccc1NC(=S)NCc1cnn(C)c1C. The molecule has 1 heterocycles. The standard InChI is InChI=1S/C14H17ClN4S/c1-9-12(15)5-4-6-13(9)18-14(20)16-7-11-8-17-19(3)10(11)2/h4-6,8H,7H2,1-3H3,(H2,16,18,20). The second kappa shape index (κ2) is 6.24.